The topological polar surface area (TPSA) is 50.9 Å². The summed E-state index contributed by atoms with van der Waals surface area (Å²) in [5.74, 6) is 1.39. The molecule has 0 aliphatic heterocycles. The molecule has 0 radical (unpaired) electrons. The minimum atomic E-state index is -0.818. The van der Waals surface area contributed by atoms with Crippen molar-refractivity contribution in [1.82, 2.24) is 14.8 Å². The lowest BCUT2D eigenvalue weighted by atomic mass is 9.73. The predicted molar refractivity (Wildman–Crippen MR) is 82.0 cm³/mol. The molecule has 0 bridgehead atoms. The molecule has 1 aromatic carbocycles. The van der Waals surface area contributed by atoms with E-state index in [1.54, 1.807) is 6.33 Å². The zero-order valence-corrected chi connectivity index (χ0v) is 12.8. The van der Waals surface area contributed by atoms with E-state index in [2.05, 4.69) is 42.1 Å². The van der Waals surface area contributed by atoms with Gasteiger partial charge in [0.2, 0.25) is 0 Å². The first-order valence-corrected chi connectivity index (χ1v) is 7.82. The standard InChI is InChI=1S/C17H23N3O/c1-3-10-20-16(18-12-19-20)11-17(21)9-8-13(2)14-6-4-5-7-15(14)17/h4-7,12-13,21H,3,8-11H2,1-2H3. The lowest BCUT2D eigenvalue weighted by molar-refractivity contribution is 0.0130. The van der Waals surface area contributed by atoms with Crippen LogP contribution in [0.5, 0.6) is 0 Å². The maximum atomic E-state index is 11.2. The molecule has 3 rings (SSSR count). The molecule has 2 unspecified atom stereocenters. The average molecular weight is 285 g/mol. The Hall–Kier alpha value is -1.68. The quantitative estimate of drug-likeness (QED) is 0.939. The minimum Gasteiger partial charge on any atom is -0.385 e. The number of fused-ring (bicyclic) bond motifs is 1. The third-order valence-electron chi connectivity index (χ3n) is 4.57. The van der Waals surface area contributed by atoms with Crippen LogP contribution in [-0.4, -0.2) is 19.9 Å². The fourth-order valence-electron chi connectivity index (χ4n) is 3.36. The van der Waals surface area contributed by atoms with Crippen molar-refractivity contribution >= 4 is 0 Å². The molecule has 1 N–H and O–H groups in total. The Balaban J connectivity index is 1.94. The fourth-order valence-corrected chi connectivity index (χ4v) is 3.36. The number of rotatable bonds is 4. The van der Waals surface area contributed by atoms with E-state index < -0.39 is 5.60 Å². The number of aryl methyl sites for hydroxylation is 1. The number of aromatic nitrogens is 3. The molecule has 0 fully saturated rings. The van der Waals surface area contributed by atoms with Crippen molar-refractivity contribution in [2.45, 2.75) is 57.6 Å². The van der Waals surface area contributed by atoms with Gasteiger partial charge in [0.15, 0.2) is 0 Å². The molecular formula is C17H23N3O. The molecule has 0 saturated heterocycles. The molecule has 1 aromatic heterocycles. The monoisotopic (exact) mass is 285 g/mol. The Kier molecular flexibility index (Phi) is 3.81. The maximum Gasteiger partial charge on any atom is 0.138 e. The molecule has 0 spiro atoms. The van der Waals surface area contributed by atoms with Crippen molar-refractivity contribution in [2.75, 3.05) is 0 Å². The Labute approximate surface area is 125 Å². The highest BCUT2D eigenvalue weighted by molar-refractivity contribution is 5.37. The van der Waals surface area contributed by atoms with Crippen LogP contribution in [0.25, 0.3) is 0 Å². The molecule has 0 amide bonds. The number of hydrogen-bond acceptors (Lipinski definition) is 3. The van der Waals surface area contributed by atoms with Gasteiger partial charge in [-0.05, 0) is 36.3 Å². The Morgan fingerprint density at radius 2 is 2.19 bits per heavy atom. The van der Waals surface area contributed by atoms with Crippen molar-refractivity contribution in [1.29, 1.82) is 0 Å². The summed E-state index contributed by atoms with van der Waals surface area (Å²) in [6.45, 7) is 5.21. The lowest BCUT2D eigenvalue weighted by Gasteiger charge is -2.37. The molecule has 1 aliphatic carbocycles. The van der Waals surface area contributed by atoms with E-state index in [1.807, 2.05) is 10.7 Å². The molecular weight excluding hydrogens is 262 g/mol. The second-order valence-corrected chi connectivity index (χ2v) is 6.13. The highest BCUT2D eigenvalue weighted by atomic mass is 16.3. The van der Waals surface area contributed by atoms with Crippen LogP contribution in [0.1, 0.15) is 56.0 Å². The second kappa shape index (κ2) is 5.60. The first kappa shape index (κ1) is 14.3. The summed E-state index contributed by atoms with van der Waals surface area (Å²) < 4.78 is 1.92. The van der Waals surface area contributed by atoms with Crippen LogP contribution < -0.4 is 0 Å². The van der Waals surface area contributed by atoms with Crippen molar-refractivity contribution in [2.24, 2.45) is 0 Å². The van der Waals surface area contributed by atoms with Gasteiger partial charge in [0.1, 0.15) is 12.2 Å². The van der Waals surface area contributed by atoms with Crippen LogP contribution in [0.4, 0.5) is 0 Å². The SMILES string of the molecule is CCCn1ncnc1CC1(O)CCC(C)c2ccccc21. The van der Waals surface area contributed by atoms with Crippen LogP contribution in [0.3, 0.4) is 0 Å². The van der Waals surface area contributed by atoms with E-state index in [0.717, 1.165) is 37.2 Å². The summed E-state index contributed by atoms with van der Waals surface area (Å²) in [6, 6.07) is 8.27. The molecule has 1 heterocycles. The van der Waals surface area contributed by atoms with Crippen molar-refractivity contribution in [3.05, 3.63) is 47.5 Å². The highest BCUT2D eigenvalue weighted by Crippen LogP contribution is 2.42. The van der Waals surface area contributed by atoms with Crippen molar-refractivity contribution in [3.8, 4) is 0 Å². The van der Waals surface area contributed by atoms with Gasteiger partial charge in [0, 0.05) is 13.0 Å². The van der Waals surface area contributed by atoms with Crippen molar-refractivity contribution in [3.63, 3.8) is 0 Å². The Bertz CT molecular complexity index is 622. The van der Waals surface area contributed by atoms with Crippen LogP contribution in [0.2, 0.25) is 0 Å². The van der Waals surface area contributed by atoms with E-state index in [-0.39, 0.29) is 0 Å². The normalized spacial score (nSPS) is 24.8. The smallest absolute Gasteiger partial charge is 0.138 e. The van der Waals surface area contributed by atoms with E-state index >= 15 is 0 Å². The van der Waals surface area contributed by atoms with Gasteiger partial charge in [-0.25, -0.2) is 9.67 Å². The highest BCUT2D eigenvalue weighted by Gasteiger charge is 2.37. The van der Waals surface area contributed by atoms with Gasteiger partial charge in [-0.2, -0.15) is 5.10 Å². The van der Waals surface area contributed by atoms with Crippen LogP contribution in [-0.2, 0) is 18.6 Å². The summed E-state index contributed by atoms with van der Waals surface area (Å²) in [7, 11) is 0. The molecule has 21 heavy (non-hydrogen) atoms. The summed E-state index contributed by atoms with van der Waals surface area (Å²) in [5, 5.41) is 15.5. The van der Waals surface area contributed by atoms with Crippen molar-refractivity contribution < 1.29 is 5.11 Å². The Morgan fingerprint density at radius 3 is 3.00 bits per heavy atom. The summed E-state index contributed by atoms with van der Waals surface area (Å²) >= 11 is 0. The number of nitrogens with zero attached hydrogens (tertiary/aromatic N) is 3. The van der Waals surface area contributed by atoms with Gasteiger partial charge >= 0.3 is 0 Å². The number of benzene rings is 1. The van der Waals surface area contributed by atoms with E-state index in [9.17, 15) is 5.11 Å². The molecule has 2 atom stereocenters. The lowest BCUT2D eigenvalue weighted by Crippen LogP contribution is -2.35. The van der Waals surface area contributed by atoms with Crippen LogP contribution in [0, 0.1) is 0 Å². The zero-order chi connectivity index (χ0) is 14.9. The first-order valence-electron chi connectivity index (χ1n) is 7.82. The number of hydrogen-bond donors (Lipinski definition) is 1. The summed E-state index contributed by atoms with van der Waals surface area (Å²) in [6.07, 6.45) is 4.93. The minimum absolute atomic E-state index is 0.509. The first-order chi connectivity index (χ1) is 10.1. The van der Waals surface area contributed by atoms with E-state index in [4.69, 9.17) is 0 Å². The molecule has 2 aromatic rings. The van der Waals surface area contributed by atoms with Gasteiger partial charge < -0.3 is 5.11 Å². The fraction of sp³-hybridized carbons (Fsp3) is 0.529. The van der Waals surface area contributed by atoms with E-state index in [0.29, 0.717) is 12.3 Å². The van der Waals surface area contributed by atoms with Gasteiger partial charge in [0.05, 0.1) is 5.60 Å². The van der Waals surface area contributed by atoms with Gasteiger partial charge in [-0.15, -0.1) is 0 Å². The van der Waals surface area contributed by atoms with Gasteiger partial charge in [-0.3, -0.25) is 0 Å². The molecule has 4 nitrogen and oxygen atoms in total. The largest absolute Gasteiger partial charge is 0.385 e. The zero-order valence-electron chi connectivity index (χ0n) is 12.8. The summed E-state index contributed by atoms with van der Waals surface area (Å²) in [5.41, 5.74) is 1.52. The number of aliphatic hydroxyl groups is 1. The van der Waals surface area contributed by atoms with Crippen LogP contribution in [0.15, 0.2) is 30.6 Å². The maximum absolute atomic E-state index is 11.2. The second-order valence-electron chi connectivity index (χ2n) is 6.13. The third kappa shape index (κ3) is 2.60. The molecule has 0 saturated carbocycles. The molecule has 112 valence electrons. The van der Waals surface area contributed by atoms with E-state index in [1.165, 1.54) is 5.56 Å². The predicted octanol–water partition coefficient (Wildman–Crippen LogP) is 3.02. The third-order valence-corrected chi connectivity index (χ3v) is 4.57. The molecule has 4 heteroatoms. The average Bonchev–Trinajstić information content (AvgIpc) is 2.91. The Morgan fingerprint density at radius 1 is 1.38 bits per heavy atom. The van der Waals surface area contributed by atoms with Gasteiger partial charge in [-0.1, -0.05) is 38.1 Å². The molecule has 1 aliphatic rings. The van der Waals surface area contributed by atoms with Crippen LogP contribution >= 0.6 is 0 Å². The van der Waals surface area contributed by atoms with Gasteiger partial charge in [0.25, 0.3) is 0 Å². The summed E-state index contributed by atoms with van der Waals surface area (Å²) in [4.78, 5) is 4.36.